The molecular formula is C20H14N2. The van der Waals surface area contributed by atoms with E-state index in [1.807, 2.05) is 48.5 Å². The quantitative estimate of drug-likeness (QED) is 0.682. The van der Waals surface area contributed by atoms with Gasteiger partial charge in [0.15, 0.2) is 0 Å². The van der Waals surface area contributed by atoms with Crippen molar-refractivity contribution in [3.63, 3.8) is 0 Å². The van der Waals surface area contributed by atoms with Gasteiger partial charge < -0.3 is 0 Å². The van der Waals surface area contributed by atoms with E-state index < -0.39 is 0 Å². The highest BCUT2D eigenvalue weighted by Crippen LogP contribution is 2.33. The molecule has 0 saturated carbocycles. The average Bonchev–Trinajstić information content (AvgIpc) is 2.60. The van der Waals surface area contributed by atoms with E-state index in [1.165, 1.54) is 5.56 Å². The van der Waals surface area contributed by atoms with Gasteiger partial charge in [0, 0.05) is 11.3 Å². The second-order valence-electron chi connectivity index (χ2n) is 5.29. The molecule has 1 atom stereocenters. The fourth-order valence-electron chi connectivity index (χ4n) is 2.89. The van der Waals surface area contributed by atoms with Gasteiger partial charge in [-0.2, -0.15) is 10.5 Å². The van der Waals surface area contributed by atoms with E-state index in [2.05, 4.69) is 31.2 Å². The molecule has 2 heteroatoms. The van der Waals surface area contributed by atoms with Crippen LogP contribution in [0.2, 0.25) is 0 Å². The van der Waals surface area contributed by atoms with Crippen molar-refractivity contribution in [2.75, 3.05) is 0 Å². The molecule has 104 valence electrons. The molecular weight excluding hydrogens is 268 g/mol. The monoisotopic (exact) mass is 282 g/mol. The lowest BCUT2D eigenvalue weighted by molar-refractivity contribution is 0.932. The molecule has 0 amide bonds. The molecule has 0 aliphatic rings. The Morgan fingerprint density at radius 3 is 2.09 bits per heavy atom. The number of rotatable bonds is 2. The molecule has 3 aromatic rings. The van der Waals surface area contributed by atoms with Crippen LogP contribution in [0.15, 0.2) is 60.7 Å². The third-order valence-corrected chi connectivity index (χ3v) is 4.07. The Balaban J connectivity index is 2.32. The highest BCUT2D eigenvalue weighted by molar-refractivity contribution is 5.93. The van der Waals surface area contributed by atoms with Crippen LogP contribution in [0.25, 0.3) is 10.8 Å². The average molecular weight is 282 g/mol. The largest absolute Gasteiger partial charge is 0.192 e. The van der Waals surface area contributed by atoms with Crippen molar-refractivity contribution in [3.05, 3.63) is 82.9 Å². The van der Waals surface area contributed by atoms with Gasteiger partial charge in [0.05, 0.1) is 11.1 Å². The summed E-state index contributed by atoms with van der Waals surface area (Å²) in [7, 11) is 0. The minimum Gasteiger partial charge on any atom is -0.192 e. The maximum absolute atomic E-state index is 9.39. The number of nitrogens with zero attached hydrogens (tertiary/aromatic N) is 2. The Kier molecular flexibility index (Phi) is 3.60. The molecule has 0 aliphatic carbocycles. The second kappa shape index (κ2) is 5.72. The molecule has 1 unspecified atom stereocenters. The Morgan fingerprint density at radius 2 is 1.45 bits per heavy atom. The zero-order chi connectivity index (χ0) is 15.5. The summed E-state index contributed by atoms with van der Waals surface area (Å²) in [5.74, 6) is 0.158. The Labute approximate surface area is 129 Å². The van der Waals surface area contributed by atoms with E-state index in [0.29, 0.717) is 11.1 Å². The number of fused-ring (bicyclic) bond motifs is 1. The first-order chi connectivity index (χ1) is 10.8. The molecule has 3 rings (SSSR count). The number of hydrogen-bond acceptors (Lipinski definition) is 2. The van der Waals surface area contributed by atoms with Crippen LogP contribution < -0.4 is 0 Å². The lowest BCUT2D eigenvalue weighted by Gasteiger charge is -2.17. The van der Waals surface area contributed by atoms with Gasteiger partial charge in [-0.05, 0) is 22.6 Å². The predicted molar refractivity (Wildman–Crippen MR) is 87.3 cm³/mol. The van der Waals surface area contributed by atoms with Crippen LogP contribution >= 0.6 is 0 Å². The predicted octanol–water partition coefficient (Wildman–Crippen LogP) is 4.73. The van der Waals surface area contributed by atoms with Crippen LogP contribution in [0.5, 0.6) is 0 Å². The fraction of sp³-hybridized carbons (Fsp3) is 0.100. The standard InChI is InChI=1S/C20H14N2/c1-14(15-7-3-2-4-8-15)19-11-16(12-21)20(13-22)18-10-6-5-9-17(18)19/h2-11,14H,1H3. The van der Waals surface area contributed by atoms with Crippen LogP contribution in [0, 0.1) is 22.7 Å². The molecule has 2 nitrogen and oxygen atoms in total. The first-order valence-electron chi connectivity index (χ1n) is 7.17. The van der Waals surface area contributed by atoms with Crippen molar-refractivity contribution in [1.82, 2.24) is 0 Å². The molecule has 0 fully saturated rings. The van der Waals surface area contributed by atoms with Gasteiger partial charge in [0.2, 0.25) is 0 Å². The van der Waals surface area contributed by atoms with Crippen molar-refractivity contribution in [2.45, 2.75) is 12.8 Å². The van der Waals surface area contributed by atoms with Crippen LogP contribution in [0.1, 0.15) is 35.1 Å². The van der Waals surface area contributed by atoms with E-state index >= 15 is 0 Å². The number of hydrogen-bond donors (Lipinski definition) is 0. The van der Waals surface area contributed by atoms with E-state index in [4.69, 9.17) is 0 Å². The molecule has 0 N–H and O–H groups in total. The fourth-order valence-corrected chi connectivity index (χ4v) is 2.89. The highest BCUT2D eigenvalue weighted by atomic mass is 14.3. The van der Waals surface area contributed by atoms with Crippen LogP contribution in [0.3, 0.4) is 0 Å². The first kappa shape index (κ1) is 13.9. The van der Waals surface area contributed by atoms with Crippen molar-refractivity contribution in [2.24, 2.45) is 0 Å². The number of nitriles is 2. The number of benzene rings is 3. The summed E-state index contributed by atoms with van der Waals surface area (Å²) < 4.78 is 0. The van der Waals surface area contributed by atoms with Gasteiger partial charge in [0.1, 0.15) is 12.1 Å². The highest BCUT2D eigenvalue weighted by Gasteiger charge is 2.16. The lowest BCUT2D eigenvalue weighted by atomic mass is 9.86. The van der Waals surface area contributed by atoms with Gasteiger partial charge in [-0.25, -0.2) is 0 Å². The summed E-state index contributed by atoms with van der Waals surface area (Å²) in [5.41, 5.74) is 3.18. The topological polar surface area (TPSA) is 47.6 Å². The SMILES string of the molecule is CC(c1ccccc1)c1cc(C#N)c(C#N)c2ccccc12. The summed E-state index contributed by atoms with van der Waals surface area (Å²) in [6, 6.07) is 24.2. The van der Waals surface area contributed by atoms with E-state index in [1.54, 1.807) is 0 Å². The van der Waals surface area contributed by atoms with E-state index in [0.717, 1.165) is 16.3 Å². The summed E-state index contributed by atoms with van der Waals surface area (Å²) in [5, 5.41) is 20.7. The molecule has 0 aliphatic heterocycles. The van der Waals surface area contributed by atoms with Crippen molar-refractivity contribution >= 4 is 10.8 Å². The molecule has 3 aromatic carbocycles. The molecule has 0 spiro atoms. The van der Waals surface area contributed by atoms with E-state index in [-0.39, 0.29) is 5.92 Å². The minimum atomic E-state index is 0.158. The summed E-state index contributed by atoms with van der Waals surface area (Å²) in [6.07, 6.45) is 0. The van der Waals surface area contributed by atoms with Gasteiger partial charge in [0.25, 0.3) is 0 Å². The van der Waals surface area contributed by atoms with Crippen LogP contribution in [0.4, 0.5) is 0 Å². The molecule has 22 heavy (non-hydrogen) atoms. The van der Waals surface area contributed by atoms with Gasteiger partial charge in [-0.15, -0.1) is 0 Å². The van der Waals surface area contributed by atoms with Crippen molar-refractivity contribution in [3.8, 4) is 12.1 Å². The van der Waals surface area contributed by atoms with Gasteiger partial charge >= 0.3 is 0 Å². The summed E-state index contributed by atoms with van der Waals surface area (Å²) >= 11 is 0. The zero-order valence-corrected chi connectivity index (χ0v) is 12.2. The molecule has 0 radical (unpaired) electrons. The first-order valence-corrected chi connectivity index (χ1v) is 7.17. The maximum Gasteiger partial charge on any atom is 0.101 e. The smallest absolute Gasteiger partial charge is 0.101 e. The minimum absolute atomic E-state index is 0.158. The normalized spacial score (nSPS) is 11.6. The Bertz CT molecular complexity index is 912. The van der Waals surface area contributed by atoms with Gasteiger partial charge in [-0.3, -0.25) is 0 Å². The van der Waals surface area contributed by atoms with Crippen molar-refractivity contribution in [1.29, 1.82) is 10.5 Å². The molecule has 0 aromatic heterocycles. The van der Waals surface area contributed by atoms with Gasteiger partial charge in [-0.1, -0.05) is 61.5 Å². The second-order valence-corrected chi connectivity index (χ2v) is 5.29. The third-order valence-electron chi connectivity index (χ3n) is 4.07. The summed E-state index contributed by atoms with van der Waals surface area (Å²) in [4.78, 5) is 0. The molecule has 0 saturated heterocycles. The summed E-state index contributed by atoms with van der Waals surface area (Å²) in [6.45, 7) is 2.13. The Morgan fingerprint density at radius 1 is 0.818 bits per heavy atom. The van der Waals surface area contributed by atoms with E-state index in [9.17, 15) is 10.5 Å². The Hall–Kier alpha value is -3.10. The maximum atomic E-state index is 9.39. The molecule has 0 heterocycles. The zero-order valence-electron chi connectivity index (χ0n) is 12.2. The molecule has 0 bridgehead atoms. The third kappa shape index (κ3) is 2.22. The van der Waals surface area contributed by atoms with Crippen molar-refractivity contribution < 1.29 is 0 Å². The lowest BCUT2D eigenvalue weighted by Crippen LogP contribution is -2.00. The van der Waals surface area contributed by atoms with Crippen LogP contribution in [-0.2, 0) is 0 Å². The van der Waals surface area contributed by atoms with Crippen LogP contribution in [-0.4, -0.2) is 0 Å².